The van der Waals surface area contributed by atoms with E-state index in [1.54, 1.807) is 0 Å². The lowest BCUT2D eigenvalue weighted by molar-refractivity contribution is -0.122. The second-order valence-electron chi connectivity index (χ2n) is 9.62. The van der Waals surface area contributed by atoms with Crippen LogP contribution >= 0.6 is 90.7 Å². The van der Waals surface area contributed by atoms with Crippen LogP contribution < -0.4 is 24.0 Å². The Bertz CT molecular complexity index is 1680. The average molecular weight is 910 g/mol. The van der Waals surface area contributed by atoms with Crippen molar-refractivity contribution in [3.05, 3.63) is 81.1 Å². The number of thiophene rings is 1. The van der Waals surface area contributed by atoms with E-state index in [0.29, 0.717) is 28.1 Å². The highest BCUT2D eigenvalue weighted by molar-refractivity contribution is 14.3. The monoisotopic (exact) mass is 909 g/mol. The van der Waals surface area contributed by atoms with Crippen LogP contribution in [0.25, 0.3) is 11.1 Å². The summed E-state index contributed by atoms with van der Waals surface area (Å²) in [7, 11) is 2.02. The largest absolute Gasteiger partial charge is 0.491 e. The van der Waals surface area contributed by atoms with Crippen LogP contribution in [-0.4, -0.2) is 30.9 Å². The van der Waals surface area contributed by atoms with Crippen LogP contribution in [-0.2, 0) is 16.8 Å². The van der Waals surface area contributed by atoms with E-state index in [1.165, 1.54) is 11.3 Å². The Morgan fingerprint density at radius 2 is 1.88 bits per heavy atom. The smallest absolute Gasteiger partial charge is 0.246 e. The SMILES string of the molecule is CN(c1ccc(-c2cccc3c2C2(COc4cc5c(cc42)OCO5)C(=O)N3Cc2ccc(Cl)s2)cn1)C(I)(I)I. The highest BCUT2D eigenvalue weighted by atomic mass is 127. The summed E-state index contributed by atoms with van der Waals surface area (Å²) in [6.07, 6.45) is 1.88. The molecule has 40 heavy (non-hydrogen) atoms. The maximum Gasteiger partial charge on any atom is 0.246 e. The zero-order valence-electron chi connectivity index (χ0n) is 20.8. The predicted molar refractivity (Wildman–Crippen MR) is 182 cm³/mol. The normalized spacial score (nSPS) is 18.7. The first kappa shape index (κ1) is 27.3. The number of benzene rings is 2. The third-order valence-corrected chi connectivity index (χ3v) is 10.9. The first-order valence-corrected chi connectivity index (χ1v) is 16.6. The van der Waals surface area contributed by atoms with Gasteiger partial charge in [0.2, 0.25) is 12.7 Å². The lowest BCUT2D eigenvalue weighted by Crippen LogP contribution is -2.42. The molecule has 0 radical (unpaired) electrons. The molecule has 7 nitrogen and oxygen atoms in total. The minimum atomic E-state index is -1.04. The summed E-state index contributed by atoms with van der Waals surface area (Å²) in [6, 6.07) is 17.7. The molecule has 4 aromatic rings. The average Bonchev–Trinajstić information content (AvgIpc) is 3.71. The summed E-state index contributed by atoms with van der Waals surface area (Å²) < 4.78 is 18.1. The van der Waals surface area contributed by atoms with Crippen molar-refractivity contribution in [3.63, 3.8) is 0 Å². The number of carbonyl (C=O) groups excluding carboxylic acids is 1. The molecule has 0 N–H and O–H groups in total. The molecule has 3 aliphatic heterocycles. The molecule has 1 unspecified atom stereocenters. The summed E-state index contributed by atoms with van der Waals surface area (Å²) >= 11 is 14.9. The number of nitrogens with zero attached hydrogens (tertiary/aromatic N) is 3. The van der Waals surface area contributed by atoms with Crippen LogP contribution in [0.4, 0.5) is 11.5 Å². The van der Waals surface area contributed by atoms with E-state index in [4.69, 9.17) is 30.8 Å². The van der Waals surface area contributed by atoms with E-state index in [-0.39, 0.29) is 18.9 Å². The van der Waals surface area contributed by atoms with Gasteiger partial charge in [0.05, 0.1) is 10.9 Å². The van der Waals surface area contributed by atoms with Crippen molar-refractivity contribution in [1.29, 1.82) is 0 Å². The molecule has 2 aromatic heterocycles. The molecule has 204 valence electrons. The van der Waals surface area contributed by atoms with Gasteiger partial charge in [0.1, 0.15) is 23.6 Å². The molecular formula is C28H19ClI3N3O4S. The number of pyridine rings is 1. The zero-order chi connectivity index (χ0) is 27.8. The van der Waals surface area contributed by atoms with Gasteiger partial charge in [-0.1, -0.05) is 23.7 Å². The fourth-order valence-electron chi connectivity index (χ4n) is 5.55. The van der Waals surface area contributed by atoms with Crippen molar-refractivity contribution >= 4 is 108 Å². The van der Waals surface area contributed by atoms with Gasteiger partial charge in [0.25, 0.3) is 0 Å². The van der Waals surface area contributed by atoms with Crippen LogP contribution in [0.3, 0.4) is 0 Å². The molecule has 1 amide bonds. The number of anilines is 2. The van der Waals surface area contributed by atoms with Gasteiger partial charge in [0, 0.05) is 46.6 Å². The summed E-state index contributed by atoms with van der Waals surface area (Å²) in [5, 5.41) is 0. The lowest BCUT2D eigenvalue weighted by atomic mass is 9.74. The Labute approximate surface area is 280 Å². The van der Waals surface area contributed by atoms with Crippen LogP contribution in [0.5, 0.6) is 17.2 Å². The van der Waals surface area contributed by atoms with Gasteiger partial charge in [-0.2, -0.15) is 0 Å². The molecule has 0 fully saturated rings. The third kappa shape index (κ3) is 4.28. The first-order valence-electron chi connectivity index (χ1n) is 12.2. The number of aromatic nitrogens is 1. The van der Waals surface area contributed by atoms with E-state index in [9.17, 15) is 4.79 Å². The highest BCUT2D eigenvalue weighted by Gasteiger charge is 2.58. The van der Waals surface area contributed by atoms with Crippen molar-refractivity contribution < 1.29 is 19.0 Å². The molecule has 7 rings (SSSR count). The Balaban J connectivity index is 1.41. The minimum Gasteiger partial charge on any atom is -0.491 e. The number of fused-ring (bicyclic) bond motifs is 5. The Kier molecular flexibility index (Phi) is 6.83. The van der Waals surface area contributed by atoms with Crippen LogP contribution in [0, 0.1) is 0 Å². The Morgan fingerprint density at radius 3 is 2.58 bits per heavy atom. The van der Waals surface area contributed by atoms with E-state index in [0.717, 1.165) is 38.6 Å². The van der Waals surface area contributed by atoms with Gasteiger partial charge in [-0.15, -0.1) is 11.3 Å². The summed E-state index contributed by atoms with van der Waals surface area (Å²) in [5.74, 6) is 2.70. The van der Waals surface area contributed by atoms with Crippen molar-refractivity contribution in [1.82, 2.24) is 4.98 Å². The summed E-state index contributed by atoms with van der Waals surface area (Å²) in [6.45, 7) is 0.746. The molecule has 5 heterocycles. The number of hydrogen-bond donors (Lipinski definition) is 0. The van der Waals surface area contributed by atoms with Gasteiger partial charge in [0.15, 0.2) is 11.1 Å². The van der Waals surface area contributed by atoms with Gasteiger partial charge >= 0.3 is 0 Å². The number of amides is 1. The molecule has 1 spiro atoms. The van der Waals surface area contributed by atoms with Crippen molar-refractivity contribution in [2.75, 3.05) is 30.2 Å². The van der Waals surface area contributed by atoms with Gasteiger partial charge in [-0.25, -0.2) is 4.98 Å². The third-order valence-electron chi connectivity index (χ3n) is 7.47. The van der Waals surface area contributed by atoms with E-state index < -0.39 is 5.41 Å². The van der Waals surface area contributed by atoms with E-state index in [2.05, 4.69) is 84.8 Å². The standard InChI is InChI=1S/C28H19ClI3N3O4S/c1-34(28(30,31)32)24-8-5-15(11-33-24)17-3-2-4-19-25(17)27(26(36)35(19)12-16-6-7-23(29)40-16)13-37-20-10-22-21(9-18(20)27)38-14-39-22/h2-11H,12-14H2,1H3. The number of alkyl halides is 3. The first-order chi connectivity index (χ1) is 19.2. The number of rotatable bonds is 5. The molecule has 0 bridgehead atoms. The maximum absolute atomic E-state index is 14.6. The molecule has 2 aromatic carbocycles. The van der Waals surface area contributed by atoms with Crippen molar-refractivity contribution in [2.45, 2.75) is 11.5 Å². The van der Waals surface area contributed by atoms with Gasteiger partial charge in [-0.3, -0.25) is 4.79 Å². The second kappa shape index (κ2) is 10.0. The van der Waals surface area contributed by atoms with E-state index in [1.807, 2.05) is 60.6 Å². The lowest BCUT2D eigenvalue weighted by Gasteiger charge is -2.28. The predicted octanol–water partition coefficient (Wildman–Crippen LogP) is 7.77. The number of carbonyl (C=O) groups is 1. The van der Waals surface area contributed by atoms with Crippen LogP contribution in [0.15, 0.2) is 60.8 Å². The number of halogens is 4. The van der Waals surface area contributed by atoms with Crippen molar-refractivity contribution in [2.24, 2.45) is 0 Å². The van der Waals surface area contributed by atoms with E-state index >= 15 is 0 Å². The summed E-state index contributed by atoms with van der Waals surface area (Å²) in [5.41, 5.74) is 3.38. The van der Waals surface area contributed by atoms with Gasteiger partial charge in [-0.05, 0) is 110 Å². The Hall–Kier alpha value is -1.56. The minimum absolute atomic E-state index is 0.0362. The molecule has 12 heteroatoms. The Morgan fingerprint density at radius 1 is 1.07 bits per heavy atom. The summed E-state index contributed by atoms with van der Waals surface area (Å²) in [4.78, 5) is 24.4. The number of ether oxygens (including phenoxy) is 3. The topological polar surface area (TPSA) is 64.1 Å². The molecule has 0 saturated heterocycles. The van der Waals surface area contributed by atoms with Crippen LogP contribution in [0.2, 0.25) is 4.34 Å². The molecule has 0 aliphatic carbocycles. The van der Waals surface area contributed by atoms with Crippen molar-refractivity contribution in [3.8, 4) is 28.4 Å². The molecular weight excluding hydrogens is 891 g/mol. The quantitative estimate of drug-likeness (QED) is 0.116. The zero-order valence-corrected chi connectivity index (χ0v) is 28.8. The molecule has 0 saturated carbocycles. The molecule has 1 atom stereocenters. The van der Waals surface area contributed by atoms with Crippen LogP contribution in [0.1, 0.15) is 16.0 Å². The number of hydrogen-bond acceptors (Lipinski definition) is 7. The maximum atomic E-state index is 14.6. The highest BCUT2D eigenvalue weighted by Crippen LogP contribution is 2.57. The molecule has 3 aliphatic rings. The van der Waals surface area contributed by atoms with Gasteiger partial charge < -0.3 is 24.0 Å². The fourth-order valence-corrected chi connectivity index (χ4v) is 7.37. The fraction of sp³-hybridized carbons (Fsp3) is 0.214. The second-order valence-corrected chi connectivity index (χ2v) is 22.3.